The first-order valence-electron chi connectivity index (χ1n) is 1.52. The molecular formula is C3H9OS-. The van der Waals surface area contributed by atoms with E-state index in [1.54, 1.807) is 0 Å². The molecule has 0 aliphatic carbocycles. The zero-order valence-electron chi connectivity index (χ0n) is 3.31. The predicted octanol–water partition coefficient (Wildman–Crippen LogP) is 0.119. The van der Waals surface area contributed by atoms with E-state index in [1.165, 1.54) is 0 Å². The Morgan fingerprint density at radius 2 is 1.80 bits per heavy atom. The van der Waals surface area contributed by atoms with Crippen molar-refractivity contribution < 1.29 is 5.11 Å². The van der Waals surface area contributed by atoms with Crippen LogP contribution in [-0.4, -0.2) is 11.7 Å². The molecule has 2 heteroatoms. The Kier molecular flexibility index (Phi) is 15.9. The van der Waals surface area contributed by atoms with Crippen LogP contribution < -0.4 is 0 Å². The zero-order chi connectivity index (χ0) is 3.41. The number of rotatable bonds is 1. The molecule has 0 rings (SSSR count). The lowest BCUT2D eigenvalue weighted by Gasteiger charge is -1.69. The highest BCUT2D eigenvalue weighted by molar-refractivity contribution is 7.37. The van der Waals surface area contributed by atoms with Gasteiger partial charge < -0.3 is 18.6 Å². The van der Waals surface area contributed by atoms with Crippen LogP contribution in [0.5, 0.6) is 0 Å². The first-order valence-corrected chi connectivity index (χ1v) is 1.52. The number of hydrogen-bond donors (Lipinski definition) is 1. The molecule has 0 amide bonds. The molecule has 0 fully saturated rings. The fraction of sp³-hybridized carbons (Fsp3) is 1.00. The summed E-state index contributed by atoms with van der Waals surface area (Å²) in [6.07, 6.45) is 0.875. The van der Waals surface area contributed by atoms with Crippen LogP contribution in [0.25, 0.3) is 0 Å². The summed E-state index contributed by atoms with van der Waals surface area (Å²) in [6.45, 7) is 2.25. The highest BCUT2D eigenvalue weighted by Crippen LogP contribution is 1.61. The van der Waals surface area contributed by atoms with Crippen molar-refractivity contribution in [2.75, 3.05) is 6.61 Å². The molecule has 0 aromatic carbocycles. The van der Waals surface area contributed by atoms with Crippen LogP contribution in [-0.2, 0) is 13.5 Å². The Bertz CT molecular complexity index is 8.85. The standard InChI is InChI=1S/C3H8O.H2S/c1-2-3-4;/h4H,2-3H2,1H3;1H2/p-1. The van der Waals surface area contributed by atoms with Crippen molar-refractivity contribution in [1.82, 2.24) is 0 Å². The quantitative estimate of drug-likeness (QED) is 0.367. The van der Waals surface area contributed by atoms with Gasteiger partial charge in [-0.15, -0.1) is 0 Å². The number of hydrogen-bond acceptors (Lipinski definition) is 2. The highest BCUT2D eigenvalue weighted by atomic mass is 32.1. The van der Waals surface area contributed by atoms with Gasteiger partial charge in [0.25, 0.3) is 0 Å². The lowest BCUT2D eigenvalue weighted by atomic mass is 10.5. The van der Waals surface area contributed by atoms with Gasteiger partial charge in [0.1, 0.15) is 0 Å². The number of aliphatic hydroxyl groups is 1. The van der Waals surface area contributed by atoms with E-state index in [2.05, 4.69) is 0 Å². The molecule has 0 unspecified atom stereocenters. The van der Waals surface area contributed by atoms with E-state index < -0.39 is 0 Å². The van der Waals surface area contributed by atoms with Crippen LogP contribution in [0.2, 0.25) is 0 Å². The third-order valence-corrected chi connectivity index (χ3v) is 0.224. The van der Waals surface area contributed by atoms with E-state index in [1.807, 2.05) is 6.92 Å². The fourth-order valence-corrected chi connectivity index (χ4v) is 0. The molecule has 0 aromatic rings. The second-order valence-corrected chi connectivity index (χ2v) is 0.724. The summed E-state index contributed by atoms with van der Waals surface area (Å²) >= 11 is 0. The van der Waals surface area contributed by atoms with Gasteiger partial charge in [0.2, 0.25) is 0 Å². The van der Waals surface area contributed by atoms with Crippen molar-refractivity contribution >= 4 is 13.5 Å². The van der Waals surface area contributed by atoms with Gasteiger partial charge >= 0.3 is 0 Å². The monoisotopic (exact) mass is 93.0 g/mol. The average molecular weight is 93.2 g/mol. The lowest BCUT2D eigenvalue weighted by Crippen LogP contribution is -1.69. The van der Waals surface area contributed by atoms with Crippen LogP contribution in [0.1, 0.15) is 13.3 Å². The fourth-order valence-electron chi connectivity index (χ4n) is 0. The van der Waals surface area contributed by atoms with Gasteiger partial charge in [0.05, 0.1) is 0 Å². The van der Waals surface area contributed by atoms with Crippen molar-refractivity contribution in [3.63, 3.8) is 0 Å². The van der Waals surface area contributed by atoms with Gasteiger partial charge in [-0.05, 0) is 6.42 Å². The maximum atomic E-state index is 7.88. The van der Waals surface area contributed by atoms with Crippen LogP contribution in [0.3, 0.4) is 0 Å². The van der Waals surface area contributed by atoms with Crippen molar-refractivity contribution in [3.8, 4) is 0 Å². The highest BCUT2D eigenvalue weighted by Gasteiger charge is 1.57. The normalized spacial score (nSPS) is 6.00. The molecule has 0 aliphatic rings. The Morgan fingerprint density at radius 3 is 1.80 bits per heavy atom. The summed E-state index contributed by atoms with van der Waals surface area (Å²) in [4.78, 5) is 0. The predicted molar refractivity (Wildman–Crippen MR) is 26.1 cm³/mol. The van der Waals surface area contributed by atoms with Crippen molar-refractivity contribution in [3.05, 3.63) is 0 Å². The van der Waals surface area contributed by atoms with Crippen molar-refractivity contribution in [1.29, 1.82) is 0 Å². The molecule has 0 saturated carbocycles. The van der Waals surface area contributed by atoms with Crippen molar-refractivity contribution in [2.24, 2.45) is 0 Å². The minimum atomic E-state index is 0. The first-order chi connectivity index (χ1) is 1.91. The Labute approximate surface area is 39.5 Å². The summed E-state index contributed by atoms with van der Waals surface area (Å²) in [5, 5.41) is 7.88. The molecule has 5 heavy (non-hydrogen) atoms. The summed E-state index contributed by atoms with van der Waals surface area (Å²) in [7, 11) is 0. The number of aliphatic hydroxyl groups excluding tert-OH is 1. The lowest BCUT2D eigenvalue weighted by molar-refractivity contribution is 0.295. The topological polar surface area (TPSA) is 20.2 Å². The van der Waals surface area contributed by atoms with Gasteiger partial charge in [-0.25, -0.2) is 0 Å². The smallest absolute Gasteiger partial charge is 0.0428 e. The molecule has 0 bridgehead atoms. The van der Waals surface area contributed by atoms with E-state index in [-0.39, 0.29) is 13.5 Å². The van der Waals surface area contributed by atoms with Crippen LogP contribution in [0.4, 0.5) is 0 Å². The molecule has 34 valence electrons. The maximum absolute atomic E-state index is 7.88. The van der Waals surface area contributed by atoms with E-state index >= 15 is 0 Å². The van der Waals surface area contributed by atoms with E-state index in [4.69, 9.17) is 5.11 Å². The molecule has 0 aromatic heterocycles. The minimum absolute atomic E-state index is 0. The van der Waals surface area contributed by atoms with Crippen LogP contribution in [0.15, 0.2) is 0 Å². The maximum Gasteiger partial charge on any atom is 0.0428 e. The first kappa shape index (κ1) is 9.00. The molecule has 0 spiro atoms. The SMILES string of the molecule is CCCO.[SH-]. The Morgan fingerprint density at radius 1 is 1.60 bits per heavy atom. The molecule has 1 N–H and O–H groups in total. The average Bonchev–Trinajstić information content (AvgIpc) is 1.37. The molecule has 0 heterocycles. The Hall–Kier alpha value is 0.310. The second kappa shape index (κ2) is 8.85. The third-order valence-electron chi connectivity index (χ3n) is 0.224. The minimum Gasteiger partial charge on any atom is -0.813 e. The van der Waals surface area contributed by atoms with Gasteiger partial charge in [-0.2, -0.15) is 0 Å². The van der Waals surface area contributed by atoms with Gasteiger partial charge in [-0.1, -0.05) is 6.92 Å². The number of thiol groups is 1. The largest absolute Gasteiger partial charge is 0.813 e. The molecule has 1 nitrogen and oxygen atoms in total. The van der Waals surface area contributed by atoms with E-state index in [0.29, 0.717) is 6.61 Å². The van der Waals surface area contributed by atoms with Crippen LogP contribution >= 0.6 is 0 Å². The third kappa shape index (κ3) is 13.4. The molecular weight excluding hydrogens is 84.1 g/mol. The summed E-state index contributed by atoms with van der Waals surface area (Å²) < 4.78 is 0. The molecule has 0 radical (unpaired) electrons. The molecule has 0 saturated heterocycles. The van der Waals surface area contributed by atoms with Crippen LogP contribution in [0, 0.1) is 0 Å². The van der Waals surface area contributed by atoms with Gasteiger partial charge in [-0.3, -0.25) is 0 Å². The van der Waals surface area contributed by atoms with Crippen molar-refractivity contribution in [2.45, 2.75) is 13.3 Å². The summed E-state index contributed by atoms with van der Waals surface area (Å²) in [6, 6.07) is 0. The summed E-state index contributed by atoms with van der Waals surface area (Å²) in [5.74, 6) is 0. The van der Waals surface area contributed by atoms with E-state index in [9.17, 15) is 0 Å². The molecule has 0 atom stereocenters. The van der Waals surface area contributed by atoms with Gasteiger partial charge in [0, 0.05) is 6.61 Å². The molecule has 0 aliphatic heterocycles. The summed E-state index contributed by atoms with van der Waals surface area (Å²) in [5.41, 5.74) is 0. The second-order valence-electron chi connectivity index (χ2n) is 0.724. The zero-order valence-corrected chi connectivity index (χ0v) is 4.20. The van der Waals surface area contributed by atoms with Gasteiger partial charge in [0.15, 0.2) is 0 Å². The van der Waals surface area contributed by atoms with E-state index in [0.717, 1.165) is 6.42 Å². The Balaban J connectivity index is 0.